The Hall–Kier alpha value is -3.21. The number of nitrogens with zero attached hydrogens (tertiary/aromatic N) is 3. The molecule has 0 bridgehead atoms. The third kappa shape index (κ3) is 2.32. The Morgan fingerprint density at radius 3 is 2.61 bits per heavy atom. The van der Waals surface area contributed by atoms with Crippen molar-refractivity contribution in [3.63, 3.8) is 0 Å². The quantitative estimate of drug-likeness (QED) is 0.619. The normalized spacial score (nSPS) is 11.0. The van der Waals surface area contributed by atoms with Crippen LogP contribution in [0.3, 0.4) is 0 Å². The largest absolute Gasteiger partial charge is 0.296 e. The van der Waals surface area contributed by atoms with E-state index in [2.05, 4.69) is 15.1 Å². The summed E-state index contributed by atoms with van der Waals surface area (Å²) >= 11 is 0. The molecule has 0 fully saturated rings. The second-order valence-corrected chi connectivity index (χ2v) is 5.38. The highest BCUT2D eigenvalue weighted by atomic mass is 16.1. The van der Waals surface area contributed by atoms with E-state index in [0.29, 0.717) is 11.3 Å². The molecule has 5 nitrogen and oxygen atoms in total. The smallest absolute Gasteiger partial charge is 0.273 e. The number of hydrogen-bond donors (Lipinski definition) is 1. The zero-order chi connectivity index (χ0) is 15.8. The van der Waals surface area contributed by atoms with E-state index in [1.54, 1.807) is 12.4 Å². The maximum Gasteiger partial charge on any atom is 0.273 e. The number of fused-ring (bicyclic) bond motifs is 1. The van der Waals surface area contributed by atoms with Crippen molar-refractivity contribution >= 4 is 5.65 Å². The van der Waals surface area contributed by atoms with Gasteiger partial charge in [0.2, 0.25) is 0 Å². The molecule has 0 spiro atoms. The number of aromatic amines is 1. The summed E-state index contributed by atoms with van der Waals surface area (Å²) in [6.45, 7) is 1.93. The SMILES string of the molecule is Cc1ccc(-c2cc(=O)n3[nH]cc(-c4ccccc4)c3n2)cn1. The van der Waals surface area contributed by atoms with E-state index in [0.717, 1.165) is 22.4 Å². The summed E-state index contributed by atoms with van der Waals surface area (Å²) < 4.78 is 1.45. The molecule has 3 heterocycles. The molecular formula is C18H14N4O. The van der Waals surface area contributed by atoms with Gasteiger partial charge in [0.1, 0.15) is 0 Å². The first-order valence-electron chi connectivity index (χ1n) is 7.32. The van der Waals surface area contributed by atoms with Gasteiger partial charge in [0.05, 0.1) is 5.69 Å². The van der Waals surface area contributed by atoms with Crippen molar-refractivity contribution < 1.29 is 0 Å². The van der Waals surface area contributed by atoms with Crippen LogP contribution in [0.4, 0.5) is 0 Å². The highest BCUT2D eigenvalue weighted by Gasteiger charge is 2.11. The van der Waals surface area contributed by atoms with Crippen molar-refractivity contribution in [2.24, 2.45) is 0 Å². The molecule has 23 heavy (non-hydrogen) atoms. The molecule has 0 saturated carbocycles. The summed E-state index contributed by atoms with van der Waals surface area (Å²) in [5, 5.41) is 2.97. The number of rotatable bonds is 2. The molecular weight excluding hydrogens is 288 g/mol. The van der Waals surface area contributed by atoms with Crippen LogP contribution in [-0.2, 0) is 0 Å². The predicted molar refractivity (Wildman–Crippen MR) is 89.2 cm³/mol. The van der Waals surface area contributed by atoms with Crippen molar-refractivity contribution in [3.05, 3.63) is 77.0 Å². The Bertz CT molecular complexity index is 1030. The molecule has 0 aliphatic rings. The van der Waals surface area contributed by atoms with Gasteiger partial charge in [-0.2, -0.15) is 0 Å². The van der Waals surface area contributed by atoms with E-state index in [-0.39, 0.29) is 5.56 Å². The van der Waals surface area contributed by atoms with Gasteiger partial charge in [-0.15, -0.1) is 0 Å². The van der Waals surface area contributed by atoms with E-state index in [9.17, 15) is 4.79 Å². The molecule has 0 unspecified atom stereocenters. The summed E-state index contributed by atoms with van der Waals surface area (Å²) in [5.74, 6) is 0. The van der Waals surface area contributed by atoms with Crippen LogP contribution in [0.15, 0.2) is 65.7 Å². The molecule has 0 amide bonds. The molecule has 1 N–H and O–H groups in total. The van der Waals surface area contributed by atoms with Gasteiger partial charge in [-0.05, 0) is 24.6 Å². The van der Waals surface area contributed by atoms with E-state index in [1.165, 1.54) is 10.6 Å². The first kappa shape index (κ1) is 13.5. The maximum absolute atomic E-state index is 12.4. The molecule has 0 aliphatic heterocycles. The van der Waals surface area contributed by atoms with Gasteiger partial charge in [0, 0.05) is 35.3 Å². The summed E-state index contributed by atoms with van der Waals surface area (Å²) in [6, 6.07) is 15.2. The van der Waals surface area contributed by atoms with Gasteiger partial charge < -0.3 is 0 Å². The van der Waals surface area contributed by atoms with Gasteiger partial charge in [-0.1, -0.05) is 30.3 Å². The minimum Gasteiger partial charge on any atom is -0.296 e. The Balaban J connectivity index is 1.95. The second-order valence-electron chi connectivity index (χ2n) is 5.38. The lowest BCUT2D eigenvalue weighted by Crippen LogP contribution is -2.14. The molecule has 0 saturated heterocycles. The predicted octanol–water partition coefficient (Wildman–Crippen LogP) is 3.06. The molecule has 0 atom stereocenters. The minimum absolute atomic E-state index is 0.146. The summed E-state index contributed by atoms with van der Waals surface area (Å²) in [7, 11) is 0. The molecule has 4 aromatic rings. The fraction of sp³-hybridized carbons (Fsp3) is 0.0556. The molecule has 3 aromatic heterocycles. The topological polar surface area (TPSA) is 63.0 Å². The third-order valence-corrected chi connectivity index (χ3v) is 3.79. The van der Waals surface area contributed by atoms with Gasteiger partial charge in [0.15, 0.2) is 5.65 Å². The fourth-order valence-corrected chi connectivity index (χ4v) is 2.58. The van der Waals surface area contributed by atoms with Crippen molar-refractivity contribution in [1.82, 2.24) is 19.6 Å². The van der Waals surface area contributed by atoms with Crippen LogP contribution in [0, 0.1) is 6.92 Å². The van der Waals surface area contributed by atoms with Crippen LogP contribution >= 0.6 is 0 Å². The maximum atomic E-state index is 12.4. The lowest BCUT2D eigenvalue weighted by Gasteiger charge is -2.03. The van der Waals surface area contributed by atoms with E-state index >= 15 is 0 Å². The van der Waals surface area contributed by atoms with Crippen molar-refractivity contribution in [1.29, 1.82) is 0 Å². The minimum atomic E-state index is -0.146. The Kier molecular flexibility index (Phi) is 3.05. The van der Waals surface area contributed by atoms with Crippen LogP contribution in [0.1, 0.15) is 5.69 Å². The monoisotopic (exact) mass is 302 g/mol. The summed E-state index contributed by atoms with van der Waals surface area (Å²) in [6.07, 6.45) is 3.54. The zero-order valence-electron chi connectivity index (χ0n) is 12.5. The summed E-state index contributed by atoms with van der Waals surface area (Å²) in [5.41, 5.74) is 4.75. The number of benzene rings is 1. The molecule has 5 heteroatoms. The van der Waals surface area contributed by atoms with Gasteiger partial charge >= 0.3 is 0 Å². The zero-order valence-corrected chi connectivity index (χ0v) is 12.5. The standard InChI is InChI=1S/C18H14N4O/c1-12-7-8-14(10-19-12)16-9-17(23)22-18(21-16)15(11-20-22)13-5-3-2-4-6-13/h2-11,20H,1H3. The number of aryl methyl sites for hydroxylation is 1. The lowest BCUT2D eigenvalue weighted by atomic mass is 10.1. The first-order chi connectivity index (χ1) is 11.2. The molecule has 4 rings (SSSR count). The first-order valence-corrected chi connectivity index (χ1v) is 7.32. The van der Waals surface area contributed by atoms with Gasteiger partial charge in [-0.25, -0.2) is 9.50 Å². The number of H-pyrrole nitrogens is 1. The number of hydrogen-bond acceptors (Lipinski definition) is 3. The number of nitrogens with one attached hydrogen (secondary N) is 1. The Labute approximate surface area is 132 Å². The van der Waals surface area contributed by atoms with E-state index < -0.39 is 0 Å². The number of aromatic nitrogens is 4. The van der Waals surface area contributed by atoms with Crippen molar-refractivity contribution in [2.75, 3.05) is 0 Å². The van der Waals surface area contributed by atoms with E-state index in [1.807, 2.05) is 49.4 Å². The van der Waals surface area contributed by atoms with Crippen molar-refractivity contribution in [3.8, 4) is 22.4 Å². The Morgan fingerprint density at radius 2 is 1.87 bits per heavy atom. The van der Waals surface area contributed by atoms with Gasteiger partial charge in [-0.3, -0.25) is 14.9 Å². The van der Waals surface area contributed by atoms with Gasteiger partial charge in [0.25, 0.3) is 5.56 Å². The second kappa shape index (κ2) is 5.21. The highest BCUT2D eigenvalue weighted by Crippen LogP contribution is 2.24. The summed E-state index contributed by atoms with van der Waals surface area (Å²) in [4.78, 5) is 21.3. The van der Waals surface area contributed by atoms with Crippen LogP contribution in [0.2, 0.25) is 0 Å². The third-order valence-electron chi connectivity index (χ3n) is 3.79. The van der Waals surface area contributed by atoms with Crippen LogP contribution < -0.4 is 5.56 Å². The molecule has 0 aliphatic carbocycles. The number of pyridine rings is 1. The average molecular weight is 302 g/mol. The van der Waals surface area contributed by atoms with Crippen molar-refractivity contribution in [2.45, 2.75) is 6.92 Å². The average Bonchev–Trinajstić information content (AvgIpc) is 3.01. The molecule has 112 valence electrons. The van der Waals surface area contributed by atoms with E-state index in [4.69, 9.17) is 0 Å². The lowest BCUT2D eigenvalue weighted by molar-refractivity contribution is 0.901. The molecule has 0 radical (unpaired) electrons. The van der Waals surface area contributed by atoms with Crippen LogP contribution in [0.25, 0.3) is 28.0 Å². The van der Waals surface area contributed by atoms with Crippen LogP contribution in [0.5, 0.6) is 0 Å². The van der Waals surface area contributed by atoms with Crippen LogP contribution in [-0.4, -0.2) is 19.6 Å². The molecule has 1 aromatic carbocycles. The fourth-order valence-electron chi connectivity index (χ4n) is 2.58. The highest BCUT2D eigenvalue weighted by molar-refractivity contribution is 5.78. The Morgan fingerprint density at radius 1 is 1.04 bits per heavy atom.